The maximum atomic E-state index is 13.4. The molecule has 44 heavy (non-hydrogen) atoms. The van der Waals surface area contributed by atoms with Gasteiger partial charge in [-0.1, -0.05) is 58.9 Å². The first-order valence-corrected chi connectivity index (χ1v) is 15.1. The van der Waals surface area contributed by atoms with Crippen LogP contribution in [0.4, 0.5) is 14.7 Å². The maximum Gasteiger partial charge on any atom is 0.264 e. The summed E-state index contributed by atoms with van der Waals surface area (Å²) in [6.07, 6.45) is 0.593. The Bertz CT molecular complexity index is 1560. The molecule has 1 saturated heterocycles. The second-order valence-electron chi connectivity index (χ2n) is 12.9. The van der Waals surface area contributed by atoms with Crippen LogP contribution >= 0.6 is 0 Å². The van der Waals surface area contributed by atoms with E-state index >= 15 is 0 Å². The summed E-state index contributed by atoms with van der Waals surface area (Å²) in [7, 11) is 0. The van der Waals surface area contributed by atoms with Crippen LogP contribution in [0.15, 0.2) is 54.1 Å². The molecule has 8 nitrogen and oxygen atoms in total. The Morgan fingerprint density at radius 3 is 2.45 bits per heavy atom. The Morgan fingerprint density at radius 2 is 1.84 bits per heavy atom. The Labute approximate surface area is 258 Å². The first-order valence-electron chi connectivity index (χ1n) is 15.1. The molecule has 1 aromatic heterocycles. The minimum absolute atomic E-state index is 0.0545. The normalized spacial score (nSPS) is 16.5. The number of nitriles is 1. The average Bonchev–Trinajstić information content (AvgIpc) is 3.57. The number of likely N-dealkylation sites (tertiary alicyclic amines) is 1. The van der Waals surface area contributed by atoms with Crippen LogP contribution in [0.2, 0.25) is 0 Å². The molecule has 0 bridgehead atoms. The fourth-order valence-electron chi connectivity index (χ4n) is 5.24. The fourth-order valence-corrected chi connectivity index (χ4v) is 5.24. The second-order valence-corrected chi connectivity index (χ2v) is 12.9. The number of nitrogens with one attached hydrogen (secondary N) is 2. The number of hydrogen-bond donors (Lipinski definition) is 2. The molecule has 3 aromatic rings. The highest BCUT2D eigenvalue weighted by Crippen LogP contribution is 2.28. The van der Waals surface area contributed by atoms with Gasteiger partial charge in [0.05, 0.1) is 17.1 Å². The van der Waals surface area contributed by atoms with Gasteiger partial charge < -0.3 is 14.8 Å². The number of fused-ring (bicyclic) bond motifs is 1. The van der Waals surface area contributed by atoms with Gasteiger partial charge in [0.2, 0.25) is 5.95 Å². The summed E-state index contributed by atoms with van der Waals surface area (Å²) < 4.78 is 28.0. The van der Waals surface area contributed by atoms with Gasteiger partial charge in [0.1, 0.15) is 11.6 Å². The molecule has 4 rings (SSSR count). The van der Waals surface area contributed by atoms with E-state index < -0.39 is 12.3 Å². The van der Waals surface area contributed by atoms with E-state index in [4.69, 9.17) is 4.98 Å². The van der Waals surface area contributed by atoms with Gasteiger partial charge in [-0.15, -0.1) is 0 Å². The molecule has 0 aliphatic carbocycles. The molecule has 0 spiro atoms. The zero-order valence-corrected chi connectivity index (χ0v) is 26.3. The lowest BCUT2D eigenvalue weighted by Gasteiger charge is -2.28. The molecule has 1 aliphatic heterocycles. The minimum atomic E-state index is -2.62. The van der Waals surface area contributed by atoms with E-state index in [-0.39, 0.29) is 46.0 Å². The molecule has 2 N–H and O–H groups in total. The number of halogens is 2. The zero-order valence-electron chi connectivity index (χ0n) is 26.3. The van der Waals surface area contributed by atoms with Gasteiger partial charge in [-0.2, -0.15) is 5.26 Å². The number of carbonyl (C=O) groups is 2. The summed E-state index contributed by atoms with van der Waals surface area (Å²) >= 11 is 0. The maximum absolute atomic E-state index is 13.4. The number of imidazole rings is 1. The van der Waals surface area contributed by atoms with Crippen LogP contribution in [0.25, 0.3) is 11.0 Å². The van der Waals surface area contributed by atoms with Crippen molar-refractivity contribution in [3.8, 4) is 6.07 Å². The van der Waals surface area contributed by atoms with Crippen molar-refractivity contribution in [2.45, 2.75) is 86.0 Å². The molecule has 10 heteroatoms. The molecular formula is C34H42F2N6O2. The van der Waals surface area contributed by atoms with Gasteiger partial charge in [0.25, 0.3) is 18.2 Å². The van der Waals surface area contributed by atoms with Crippen molar-refractivity contribution in [1.29, 1.82) is 5.26 Å². The Balaban J connectivity index is 1.67. The topological polar surface area (TPSA) is 103 Å². The lowest BCUT2D eigenvalue weighted by atomic mass is 9.88. The predicted octanol–water partition coefficient (Wildman–Crippen LogP) is 6.85. The monoisotopic (exact) mass is 604 g/mol. The van der Waals surface area contributed by atoms with E-state index in [9.17, 15) is 23.6 Å². The summed E-state index contributed by atoms with van der Waals surface area (Å²) in [5, 5.41) is 16.1. The summed E-state index contributed by atoms with van der Waals surface area (Å²) in [6.45, 7) is 14.1. The molecule has 0 radical (unpaired) electrons. The lowest BCUT2D eigenvalue weighted by molar-refractivity contribution is -0.127. The molecule has 0 saturated carbocycles. The molecular weight excluding hydrogens is 562 g/mol. The highest BCUT2D eigenvalue weighted by molar-refractivity contribution is 6.04. The lowest BCUT2D eigenvalue weighted by Crippen LogP contribution is -2.39. The van der Waals surface area contributed by atoms with Crippen LogP contribution in [0.5, 0.6) is 0 Å². The van der Waals surface area contributed by atoms with Crippen LogP contribution in [-0.4, -0.2) is 44.9 Å². The van der Waals surface area contributed by atoms with Crippen LogP contribution < -0.4 is 10.6 Å². The molecule has 2 heterocycles. The number of carbonyl (C=O) groups excluding carboxylic acids is 2. The van der Waals surface area contributed by atoms with E-state index in [0.717, 1.165) is 23.9 Å². The van der Waals surface area contributed by atoms with Crippen molar-refractivity contribution in [3.63, 3.8) is 0 Å². The minimum Gasteiger partial charge on any atom is -0.333 e. The van der Waals surface area contributed by atoms with Crippen molar-refractivity contribution in [2.75, 3.05) is 11.9 Å². The van der Waals surface area contributed by atoms with E-state index in [1.54, 1.807) is 11.0 Å². The summed E-state index contributed by atoms with van der Waals surface area (Å²) in [4.78, 5) is 33.1. The van der Waals surface area contributed by atoms with E-state index in [1.165, 1.54) is 24.3 Å². The van der Waals surface area contributed by atoms with E-state index in [0.29, 0.717) is 31.1 Å². The number of aromatic nitrogens is 2. The number of benzene rings is 2. The van der Waals surface area contributed by atoms with E-state index in [2.05, 4.69) is 44.4 Å². The largest absolute Gasteiger partial charge is 0.333 e. The highest BCUT2D eigenvalue weighted by Gasteiger charge is 2.32. The van der Waals surface area contributed by atoms with Gasteiger partial charge in [0, 0.05) is 36.8 Å². The third-order valence-corrected chi connectivity index (χ3v) is 8.26. The van der Waals surface area contributed by atoms with Crippen LogP contribution in [-0.2, 0) is 17.9 Å². The summed E-state index contributed by atoms with van der Waals surface area (Å²) in [5.74, 6) is -0.416. The molecule has 2 amide bonds. The van der Waals surface area contributed by atoms with Crippen molar-refractivity contribution >= 4 is 28.8 Å². The quantitative estimate of drug-likeness (QED) is 0.195. The summed E-state index contributed by atoms with van der Waals surface area (Å²) in [6, 6.07) is 13.3. The molecule has 234 valence electrons. The standard InChI is InChI=1S/C34H42F2N6O2/c1-21(2)16-26(18-37)32(44)41-15-7-8-27(41)20-42-29-14-9-23(19-38-22(3)34(4,5)6)17-28(29)39-33(42)40-31(43)25-12-10-24(11-13-25)30(35)36/h9-14,16-17,21-22,27,30,38H,7-8,15,19-20H2,1-6H3,(H,39,40,43)/t22-,27?/m0/s1. The van der Waals surface area contributed by atoms with Crippen molar-refractivity contribution in [1.82, 2.24) is 19.8 Å². The average molecular weight is 605 g/mol. The number of rotatable bonds is 10. The Morgan fingerprint density at radius 1 is 1.14 bits per heavy atom. The highest BCUT2D eigenvalue weighted by atomic mass is 19.3. The Kier molecular flexibility index (Phi) is 10.2. The fraction of sp³-hybridized carbons (Fsp3) is 0.471. The number of amides is 2. The number of nitrogens with zero attached hydrogens (tertiary/aromatic N) is 4. The first kappa shape index (κ1) is 32.8. The van der Waals surface area contributed by atoms with Crippen molar-refractivity contribution in [3.05, 3.63) is 70.8 Å². The first-order chi connectivity index (χ1) is 20.8. The second kappa shape index (κ2) is 13.7. The van der Waals surface area contributed by atoms with Gasteiger partial charge in [-0.05, 0) is 60.9 Å². The number of anilines is 1. The Hall–Kier alpha value is -4.10. The third-order valence-electron chi connectivity index (χ3n) is 8.26. The van der Waals surface area contributed by atoms with Crippen LogP contribution in [0.3, 0.4) is 0 Å². The van der Waals surface area contributed by atoms with Gasteiger partial charge in [0.15, 0.2) is 0 Å². The van der Waals surface area contributed by atoms with Crippen LogP contribution in [0.1, 0.15) is 82.3 Å². The van der Waals surface area contributed by atoms with Gasteiger partial charge in [-0.3, -0.25) is 14.9 Å². The van der Waals surface area contributed by atoms with Crippen molar-refractivity contribution < 1.29 is 18.4 Å². The van der Waals surface area contributed by atoms with Gasteiger partial charge >= 0.3 is 0 Å². The SMILES string of the molecule is CC(C)C=C(C#N)C(=O)N1CCCC1Cn1c(NC(=O)c2ccc(C(F)F)cc2)nc2cc(CN[C@@H](C)C(C)(C)C)ccc21. The number of hydrogen-bond acceptors (Lipinski definition) is 5. The summed E-state index contributed by atoms with van der Waals surface area (Å²) in [5.41, 5.74) is 2.80. The molecule has 1 aliphatic rings. The molecule has 2 aromatic carbocycles. The van der Waals surface area contributed by atoms with Gasteiger partial charge in [-0.25, -0.2) is 13.8 Å². The number of allylic oxidation sites excluding steroid dienone is 1. The molecule has 1 fully saturated rings. The van der Waals surface area contributed by atoms with Crippen LogP contribution in [0, 0.1) is 22.7 Å². The molecule has 1 unspecified atom stereocenters. The zero-order chi connectivity index (χ0) is 32.2. The van der Waals surface area contributed by atoms with Crippen molar-refractivity contribution in [2.24, 2.45) is 11.3 Å². The smallest absolute Gasteiger partial charge is 0.264 e. The predicted molar refractivity (Wildman–Crippen MR) is 168 cm³/mol. The van der Waals surface area contributed by atoms with E-state index in [1.807, 2.05) is 36.6 Å². The third kappa shape index (κ3) is 7.69. The molecule has 2 atom stereocenters. The number of alkyl halides is 2.